The fourth-order valence-corrected chi connectivity index (χ4v) is 5.74. The van der Waals surface area contributed by atoms with Crippen LogP contribution in [0.25, 0.3) is 0 Å². The molecule has 0 bridgehead atoms. The second-order valence-electron chi connectivity index (χ2n) is 8.29. The van der Waals surface area contributed by atoms with Gasteiger partial charge in [0.2, 0.25) is 10.0 Å². The average Bonchev–Trinajstić information content (AvgIpc) is 2.88. The largest absolute Gasteiger partial charge is 0.494 e. The van der Waals surface area contributed by atoms with Crippen molar-refractivity contribution in [2.24, 2.45) is 0 Å². The van der Waals surface area contributed by atoms with E-state index in [4.69, 9.17) is 14.2 Å². The molecule has 0 amide bonds. The van der Waals surface area contributed by atoms with E-state index >= 15 is 0 Å². The van der Waals surface area contributed by atoms with Crippen LogP contribution in [0, 0.1) is 5.82 Å². The first kappa shape index (κ1) is 24.4. The predicted octanol–water partition coefficient (Wildman–Crippen LogP) is 3.20. The maximum absolute atomic E-state index is 14.0. The number of morpholine rings is 1. The van der Waals surface area contributed by atoms with Crippen molar-refractivity contribution >= 4 is 21.7 Å². The van der Waals surface area contributed by atoms with Crippen molar-refractivity contribution in [1.29, 1.82) is 0 Å². The summed E-state index contributed by atoms with van der Waals surface area (Å²) in [7, 11) is -2.36. The van der Waals surface area contributed by atoms with Gasteiger partial charge < -0.3 is 19.1 Å². The van der Waals surface area contributed by atoms with Crippen molar-refractivity contribution < 1.29 is 31.8 Å². The van der Waals surface area contributed by atoms with Gasteiger partial charge in [-0.3, -0.25) is 0 Å². The number of hydrogen-bond acceptors (Lipinski definition) is 7. The van der Waals surface area contributed by atoms with Gasteiger partial charge in [-0.15, -0.1) is 0 Å². The van der Waals surface area contributed by atoms with Gasteiger partial charge >= 0.3 is 5.97 Å². The zero-order valence-corrected chi connectivity index (χ0v) is 20.0. The van der Waals surface area contributed by atoms with Crippen LogP contribution in [0.5, 0.6) is 5.75 Å². The minimum Gasteiger partial charge on any atom is -0.494 e. The molecule has 0 atom stereocenters. The van der Waals surface area contributed by atoms with E-state index in [1.807, 2.05) is 4.90 Å². The Bertz CT molecular complexity index is 1130. The number of carbonyl (C=O) groups excluding carboxylic acids is 1. The van der Waals surface area contributed by atoms with Crippen molar-refractivity contribution in [2.45, 2.75) is 30.8 Å². The van der Waals surface area contributed by atoms with Gasteiger partial charge in [0.05, 0.1) is 36.5 Å². The second-order valence-corrected chi connectivity index (χ2v) is 10.2. The molecule has 0 radical (unpaired) electrons. The van der Waals surface area contributed by atoms with Gasteiger partial charge in [0, 0.05) is 26.2 Å². The Morgan fingerprint density at radius 2 is 1.76 bits per heavy atom. The number of nitrogens with zero attached hydrogens (tertiary/aromatic N) is 2. The molecule has 0 unspecified atom stereocenters. The van der Waals surface area contributed by atoms with Crippen molar-refractivity contribution in [1.82, 2.24) is 4.31 Å². The van der Waals surface area contributed by atoms with Crippen LogP contribution in [0.2, 0.25) is 0 Å². The summed E-state index contributed by atoms with van der Waals surface area (Å²) in [5, 5.41) is 0. The Kier molecular flexibility index (Phi) is 7.70. The molecule has 184 valence electrons. The van der Waals surface area contributed by atoms with Crippen LogP contribution in [-0.4, -0.2) is 65.2 Å². The molecule has 34 heavy (non-hydrogen) atoms. The molecule has 8 nitrogen and oxygen atoms in total. The molecule has 2 heterocycles. The molecule has 0 saturated carbocycles. The molecular weight excluding hydrogens is 463 g/mol. The highest BCUT2D eigenvalue weighted by molar-refractivity contribution is 7.89. The standard InChI is InChI=1S/C24H29FN2O6S/c1-31-23-8-5-18(15-21(23)25)17-33-24(28)20-16-19(34(29,30)27-9-3-2-4-10-27)6-7-22(20)26-11-13-32-14-12-26/h5-8,15-16H,2-4,9-14,17H2,1H3. The summed E-state index contributed by atoms with van der Waals surface area (Å²) in [6.07, 6.45) is 2.64. The SMILES string of the molecule is COc1ccc(COC(=O)c2cc(S(=O)(=O)N3CCCCC3)ccc2N2CCOCC2)cc1F. The zero-order valence-electron chi connectivity index (χ0n) is 19.2. The van der Waals surface area contributed by atoms with Crippen LogP contribution in [-0.2, 0) is 26.1 Å². The van der Waals surface area contributed by atoms with Crippen LogP contribution < -0.4 is 9.64 Å². The summed E-state index contributed by atoms with van der Waals surface area (Å²) in [4.78, 5) is 15.2. The summed E-state index contributed by atoms with van der Waals surface area (Å²) in [6, 6.07) is 8.91. The maximum atomic E-state index is 14.0. The molecule has 0 spiro atoms. The molecule has 2 saturated heterocycles. The number of esters is 1. The monoisotopic (exact) mass is 492 g/mol. The normalized spacial score (nSPS) is 17.4. The minimum absolute atomic E-state index is 0.0638. The van der Waals surface area contributed by atoms with E-state index in [1.54, 1.807) is 18.2 Å². The summed E-state index contributed by atoms with van der Waals surface area (Å²) in [5.41, 5.74) is 1.21. The highest BCUT2D eigenvalue weighted by Crippen LogP contribution is 2.29. The molecule has 0 N–H and O–H groups in total. The number of carbonyl (C=O) groups is 1. The number of methoxy groups -OCH3 is 1. The molecule has 4 rings (SSSR count). The zero-order chi connectivity index (χ0) is 24.1. The molecule has 10 heteroatoms. The molecule has 2 aliphatic heterocycles. The topological polar surface area (TPSA) is 85.4 Å². The lowest BCUT2D eigenvalue weighted by Gasteiger charge is -2.31. The Hall–Kier alpha value is -2.69. The van der Waals surface area contributed by atoms with Gasteiger partial charge in [0.25, 0.3) is 0 Å². The minimum atomic E-state index is -3.73. The first-order valence-corrected chi connectivity index (χ1v) is 12.8. The van der Waals surface area contributed by atoms with Crippen LogP contribution in [0.15, 0.2) is 41.3 Å². The Morgan fingerprint density at radius 3 is 2.44 bits per heavy atom. The van der Waals surface area contributed by atoms with Gasteiger partial charge in [-0.05, 0) is 48.7 Å². The number of hydrogen-bond donors (Lipinski definition) is 0. The number of piperidine rings is 1. The van der Waals surface area contributed by atoms with E-state index < -0.39 is 21.8 Å². The lowest BCUT2D eigenvalue weighted by Crippen LogP contribution is -2.38. The molecule has 2 aromatic carbocycles. The molecule has 2 aliphatic rings. The van der Waals surface area contributed by atoms with E-state index in [0.29, 0.717) is 50.6 Å². The third-order valence-electron chi connectivity index (χ3n) is 6.08. The summed E-state index contributed by atoms with van der Waals surface area (Å²) < 4.78 is 57.7. The lowest BCUT2D eigenvalue weighted by atomic mass is 10.1. The van der Waals surface area contributed by atoms with E-state index in [-0.39, 0.29) is 22.8 Å². The number of sulfonamides is 1. The maximum Gasteiger partial charge on any atom is 0.340 e. The van der Waals surface area contributed by atoms with Crippen molar-refractivity contribution in [3.63, 3.8) is 0 Å². The molecule has 0 aromatic heterocycles. The van der Waals surface area contributed by atoms with Gasteiger partial charge in [-0.1, -0.05) is 12.5 Å². The number of halogens is 1. The van der Waals surface area contributed by atoms with E-state index in [2.05, 4.69) is 0 Å². The fraction of sp³-hybridized carbons (Fsp3) is 0.458. The molecule has 2 aromatic rings. The van der Waals surface area contributed by atoms with Crippen LogP contribution >= 0.6 is 0 Å². The fourth-order valence-electron chi connectivity index (χ4n) is 4.20. The molecule has 2 fully saturated rings. The van der Waals surface area contributed by atoms with Gasteiger partial charge in [-0.25, -0.2) is 17.6 Å². The molecular formula is C24H29FN2O6S. The van der Waals surface area contributed by atoms with Crippen molar-refractivity contribution in [3.05, 3.63) is 53.3 Å². The Morgan fingerprint density at radius 1 is 1.03 bits per heavy atom. The summed E-state index contributed by atoms with van der Waals surface area (Å²) in [5.74, 6) is -1.13. The quantitative estimate of drug-likeness (QED) is 0.549. The second kappa shape index (κ2) is 10.7. The van der Waals surface area contributed by atoms with Crippen LogP contribution in [0.1, 0.15) is 35.2 Å². The average molecular weight is 493 g/mol. The summed E-state index contributed by atoms with van der Waals surface area (Å²) >= 11 is 0. The first-order valence-electron chi connectivity index (χ1n) is 11.4. The lowest BCUT2D eigenvalue weighted by molar-refractivity contribution is 0.0472. The number of ether oxygens (including phenoxy) is 3. The number of rotatable bonds is 7. The highest BCUT2D eigenvalue weighted by Gasteiger charge is 2.29. The van der Waals surface area contributed by atoms with E-state index in [1.165, 1.54) is 29.6 Å². The van der Waals surface area contributed by atoms with Crippen LogP contribution in [0.4, 0.5) is 10.1 Å². The number of anilines is 1. The van der Waals surface area contributed by atoms with E-state index in [9.17, 15) is 17.6 Å². The third kappa shape index (κ3) is 5.34. The van der Waals surface area contributed by atoms with Crippen molar-refractivity contribution in [3.8, 4) is 5.75 Å². The summed E-state index contributed by atoms with van der Waals surface area (Å²) in [6.45, 7) is 2.93. The number of benzene rings is 2. The van der Waals surface area contributed by atoms with Gasteiger partial charge in [0.1, 0.15) is 6.61 Å². The Labute approximate surface area is 199 Å². The highest BCUT2D eigenvalue weighted by atomic mass is 32.2. The predicted molar refractivity (Wildman–Crippen MR) is 124 cm³/mol. The molecule has 0 aliphatic carbocycles. The van der Waals surface area contributed by atoms with Crippen molar-refractivity contribution in [2.75, 3.05) is 51.4 Å². The third-order valence-corrected chi connectivity index (χ3v) is 7.97. The van der Waals surface area contributed by atoms with Crippen LogP contribution in [0.3, 0.4) is 0 Å². The van der Waals surface area contributed by atoms with Gasteiger partial charge in [-0.2, -0.15) is 4.31 Å². The smallest absolute Gasteiger partial charge is 0.340 e. The Balaban J connectivity index is 1.61. The van der Waals surface area contributed by atoms with Gasteiger partial charge in [0.15, 0.2) is 11.6 Å². The van der Waals surface area contributed by atoms with E-state index in [0.717, 1.165) is 19.3 Å². The first-order chi connectivity index (χ1) is 16.4.